The van der Waals surface area contributed by atoms with Gasteiger partial charge in [-0.3, -0.25) is 0 Å². The molecule has 0 atom stereocenters. The highest BCUT2D eigenvalue weighted by Gasteiger charge is 2.19. The van der Waals surface area contributed by atoms with Gasteiger partial charge in [-0.15, -0.1) is 0 Å². The van der Waals surface area contributed by atoms with E-state index in [1.54, 1.807) is 0 Å². The van der Waals surface area contributed by atoms with Crippen molar-refractivity contribution in [2.24, 2.45) is 0 Å². The fraction of sp³-hybridized carbons (Fsp3) is 0. The van der Waals surface area contributed by atoms with E-state index in [2.05, 4.69) is 182 Å². The van der Waals surface area contributed by atoms with Gasteiger partial charge in [-0.2, -0.15) is 0 Å². The van der Waals surface area contributed by atoms with Crippen LogP contribution in [0.15, 0.2) is 182 Å². The third-order valence-electron chi connectivity index (χ3n) is 10.2. The molecule has 222 valence electrons. The molecule has 0 heterocycles. The maximum Gasteiger partial charge on any atom is -0.00199 e. The van der Waals surface area contributed by atoms with Gasteiger partial charge in [-0.25, -0.2) is 0 Å². The van der Waals surface area contributed by atoms with Crippen LogP contribution in [0, 0.1) is 0 Å². The van der Waals surface area contributed by atoms with Gasteiger partial charge in [0.15, 0.2) is 0 Å². The Morgan fingerprint density at radius 3 is 1.23 bits per heavy atom. The van der Waals surface area contributed by atoms with Gasteiger partial charge in [0, 0.05) is 0 Å². The molecular formula is C48H30. The van der Waals surface area contributed by atoms with E-state index in [4.69, 9.17) is 0 Å². The summed E-state index contributed by atoms with van der Waals surface area (Å²) >= 11 is 0. The fourth-order valence-corrected chi connectivity index (χ4v) is 7.93. The van der Waals surface area contributed by atoms with Crippen molar-refractivity contribution in [2.75, 3.05) is 0 Å². The van der Waals surface area contributed by atoms with Crippen LogP contribution in [0.1, 0.15) is 0 Å². The van der Waals surface area contributed by atoms with Gasteiger partial charge < -0.3 is 0 Å². The average molecular weight is 607 g/mol. The summed E-state index contributed by atoms with van der Waals surface area (Å²) in [4.78, 5) is 0. The van der Waals surface area contributed by atoms with Crippen molar-refractivity contribution >= 4 is 64.6 Å². The van der Waals surface area contributed by atoms with Gasteiger partial charge in [0.25, 0.3) is 0 Å². The van der Waals surface area contributed by atoms with E-state index in [1.807, 2.05) is 0 Å². The van der Waals surface area contributed by atoms with Gasteiger partial charge >= 0.3 is 0 Å². The summed E-state index contributed by atoms with van der Waals surface area (Å²) in [5.74, 6) is 0. The summed E-state index contributed by atoms with van der Waals surface area (Å²) in [7, 11) is 0. The lowest BCUT2D eigenvalue weighted by molar-refractivity contribution is 1.67. The third-order valence-corrected chi connectivity index (χ3v) is 10.2. The summed E-state index contributed by atoms with van der Waals surface area (Å²) in [6.07, 6.45) is 0. The van der Waals surface area contributed by atoms with E-state index in [0.29, 0.717) is 0 Å². The van der Waals surface area contributed by atoms with Crippen LogP contribution < -0.4 is 0 Å². The van der Waals surface area contributed by atoms with Gasteiger partial charge in [0.05, 0.1) is 0 Å². The first kappa shape index (κ1) is 26.9. The Balaban J connectivity index is 1.25. The molecule has 0 aliphatic carbocycles. The Morgan fingerprint density at radius 1 is 0.208 bits per heavy atom. The van der Waals surface area contributed by atoms with Crippen LogP contribution in [0.4, 0.5) is 0 Å². The quantitative estimate of drug-likeness (QED) is 0.139. The average Bonchev–Trinajstić information content (AvgIpc) is 3.16. The molecule has 0 heteroatoms. The third kappa shape index (κ3) is 4.16. The van der Waals surface area contributed by atoms with Crippen molar-refractivity contribution < 1.29 is 0 Å². The number of benzene rings is 10. The van der Waals surface area contributed by atoms with Crippen molar-refractivity contribution in [3.8, 4) is 33.4 Å². The van der Waals surface area contributed by atoms with E-state index < -0.39 is 0 Å². The minimum atomic E-state index is 1.24. The minimum Gasteiger partial charge on any atom is -0.0616 e. The zero-order valence-electron chi connectivity index (χ0n) is 26.3. The Hall–Kier alpha value is -6.24. The second-order valence-electron chi connectivity index (χ2n) is 12.9. The zero-order chi connectivity index (χ0) is 31.6. The highest BCUT2D eigenvalue weighted by Crippen LogP contribution is 2.47. The summed E-state index contributed by atoms with van der Waals surface area (Å²) in [5.41, 5.74) is 7.58. The van der Waals surface area contributed by atoms with Crippen molar-refractivity contribution in [1.29, 1.82) is 0 Å². The van der Waals surface area contributed by atoms with Crippen molar-refractivity contribution in [3.05, 3.63) is 182 Å². The number of hydrogen-bond acceptors (Lipinski definition) is 0. The molecular weight excluding hydrogens is 577 g/mol. The molecule has 0 saturated carbocycles. The van der Waals surface area contributed by atoms with Crippen LogP contribution in [-0.2, 0) is 0 Å². The molecule has 0 nitrogen and oxygen atoms in total. The van der Waals surface area contributed by atoms with Crippen LogP contribution in [0.2, 0.25) is 0 Å². The lowest BCUT2D eigenvalue weighted by Gasteiger charge is -2.20. The number of hydrogen-bond donors (Lipinski definition) is 0. The monoisotopic (exact) mass is 606 g/mol. The summed E-state index contributed by atoms with van der Waals surface area (Å²) in [6, 6.07) is 67.2. The largest absolute Gasteiger partial charge is 0.0616 e. The van der Waals surface area contributed by atoms with E-state index in [1.165, 1.54) is 98.0 Å². The minimum absolute atomic E-state index is 1.24. The normalized spacial score (nSPS) is 11.8. The molecule has 0 bridgehead atoms. The van der Waals surface area contributed by atoms with Crippen LogP contribution in [0.3, 0.4) is 0 Å². The predicted molar refractivity (Wildman–Crippen MR) is 208 cm³/mol. The highest BCUT2D eigenvalue weighted by atomic mass is 14.2. The summed E-state index contributed by atoms with van der Waals surface area (Å²) in [5, 5.41) is 15.2. The molecule has 48 heavy (non-hydrogen) atoms. The molecule has 10 rings (SSSR count). The maximum atomic E-state index is 2.42. The van der Waals surface area contributed by atoms with Crippen molar-refractivity contribution in [2.45, 2.75) is 0 Å². The Kier molecular flexibility index (Phi) is 5.98. The fourth-order valence-electron chi connectivity index (χ4n) is 7.93. The first-order chi connectivity index (χ1) is 23.8. The second kappa shape index (κ2) is 10.7. The maximum absolute atomic E-state index is 2.42. The molecule has 0 radical (unpaired) electrons. The molecule has 0 spiro atoms. The molecule has 0 aliphatic rings. The first-order valence-corrected chi connectivity index (χ1v) is 16.7. The van der Waals surface area contributed by atoms with Gasteiger partial charge in [-0.1, -0.05) is 158 Å². The Bertz CT molecular complexity index is 2830. The molecule has 0 N–H and O–H groups in total. The molecule has 10 aromatic rings. The van der Waals surface area contributed by atoms with Crippen LogP contribution >= 0.6 is 0 Å². The van der Waals surface area contributed by atoms with E-state index >= 15 is 0 Å². The lowest BCUT2D eigenvalue weighted by atomic mass is 9.83. The van der Waals surface area contributed by atoms with Crippen LogP contribution in [0.25, 0.3) is 98.0 Å². The summed E-state index contributed by atoms with van der Waals surface area (Å²) in [6.45, 7) is 0. The van der Waals surface area contributed by atoms with Crippen molar-refractivity contribution in [3.63, 3.8) is 0 Å². The molecule has 0 aliphatic heterocycles. The van der Waals surface area contributed by atoms with Gasteiger partial charge in [0.2, 0.25) is 0 Å². The van der Waals surface area contributed by atoms with E-state index in [0.717, 1.165) is 0 Å². The predicted octanol–water partition coefficient (Wildman–Crippen LogP) is 13.6. The first-order valence-electron chi connectivity index (χ1n) is 16.7. The Morgan fingerprint density at radius 2 is 0.625 bits per heavy atom. The zero-order valence-corrected chi connectivity index (χ0v) is 26.3. The smallest absolute Gasteiger partial charge is 0.00199 e. The van der Waals surface area contributed by atoms with E-state index in [9.17, 15) is 0 Å². The molecule has 0 aromatic heterocycles. The molecule has 10 aromatic carbocycles. The molecule has 0 fully saturated rings. The number of rotatable bonds is 3. The SMILES string of the molecule is c1ccc2cc(-c3ccc4cc(-c5c6ccccc6c(-c6ccc7ccccc7c6)c6ccccc56)c5ccccc5c4c3)ccc2c1. The second-order valence-corrected chi connectivity index (χ2v) is 12.9. The lowest BCUT2D eigenvalue weighted by Crippen LogP contribution is -1.92. The van der Waals surface area contributed by atoms with Crippen molar-refractivity contribution in [1.82, 2.24) is 0 Å². The van der Waals surface area contributed by atoms with Crippen LogP contribution in [-0.4, -0.2) is 0 Å². The van der Waals surface area contributed by atoms with Gasteiger partial charge in [0.1, 0.15) is 0 Å². The topological polar surface area (TPSA) is 0 Å². The van der Waals surface area contributed by atoms with E-state index in [-0.39, 0.29) is 0 Å². The Labute approximate surface area is 279 Å². The van der Waals surface area contributed by atoms with Crippen LogP contribution in [0.5, 0.6) is 0 Å². The molecule has 0 saturated heterocycles. The standard InChI is InChI=1S/C48H30/c1-3-13-33-27-35(23-21-31(33)11-1)36-24-25-37-30-46(40-16-6-5-15-39(40)45(37)29-36)48-43-19-9-7-17-41(43)47(42-18-8-10-20-44(42)48)38-26-22-32-12-2-4-14-34(32)28-38/h1-30H. The highest BCUT2D eigenvalue weighted by molar-refractivity contribution is 6.26. The molecule has 0 unspecified atom stereocenters. The summed E-state index contributed by atoms with van der Waals surface area (Å²) < 4.78 is 0. The molecule has 0 amide bonds. The van der Waals surface area contributed by atoms with Gasteiger partial charge in [-0.05, 0) is 122 Å². The number of fused-ring (bicyclic) bond motifs is 7.